The molecule has 0 saturated carbocycles. The van der Waals surface area contributed by atoms with E-state index in [2.05, 4.69) is 15.3 Å². The lowest BCUT2D eigenvalue weighted by Crippen LogP contribution is -2.29. The SMILES string of the molecule is CC(NC(=O)CSc1nc2ncccc2c(=O)n1-c1ccccc1)c1ccccc1. The summed E-state index contributed by atoms with van der Waals surface area (Å²) in [7, 11) is 0. The smallest absolute Gasteiger partial charge is 0.268 e. The van der Waals surface area contributed by atoms with Crippen molar-refractivity contribution in [3.05, 3.63) is 94.9 Å². The van der Waals surface area contributed by atoms with Crippen molar-refractivity contribution in [2.45, 2.75) is 18.1 Å². The van der Waals surface area contributed by atoms with E-state index in [0.717, 1.165) is 5.56 Å². The molecule has 0 spiro atoms. The van der Waals surface area contributed by atoms with Crippen LogP contribution in [0.15, 0.2) is 88.9 Å². The van der Waals surface area contributed by atoms with Crippen LogP contribution in [0.25, 0.3) is 16.7 Å². The zero-order chi connectivity index (χ0) is 20.9. The third kappa shape index (κ3) is 4.26. The average molecular weight is 417 g/mol. The maximum atomic E-state index is 13.1. The predicted molar refractivity (Wildman–Crippen MR) is 119 cm³/mol. The van der Waals surface area contributed by atoms with Crippen molar-refractivity contribution in [3.63, 3.8) is 0 Å². The summed E-state index contributed by atoms with van der Waals surface area (Å²) < 4.78 is 1.53. The molecule has 0 saturated heterocycles. The maximum Gasteiger partial charge on any atom is 0.268 e. The van der Waals surface area contributed by atoms with Gasteiger partial charge in [0.2, 0.25) is 5.91 Å². The summed E-state index contributed by atoms with van der Waals surface area (Å²) in [5, 5.41) is 3.86. The second kappa shape index (κ2) is 8.92. The second-order valence-electron chi connectivity index (χ2n) is 6.73. The number of amides is 1. The summed E-state index contributed by atoms with van der Waals surface area (Å²) in [4.78, 5) is 34.4. The first-order valence-corrected chi connectivity index (χ1v) is 10.5. The summed E-state index contributed by atoms with van der Waals surface area (Å²) in [6.07, 6.45) is 1.60. The largest absolute Gasteiger partial charge is 0.349 e. The minimum atomic E-state index is -0.208. The quantitative estimate of drug-likeness (QED) is 0.383. The number of para-hydroxylation sites is 1. The van der Waals surface area contributed by atoms with Crippen LogP contribution in [-0.4, -0.2) is 26.2 Å². The molecule has 0 aliphatic heterocycles. The molecule has 2 aromatic carbocycles. The molecular formula is C23H20N4O2S. The van der Waals surface area contributed by atoms with E-state index in [-0.39, 0.29) is 23.3 Å². The fourth-order valence-corrected chi connectivity index (χ4v) is 3.95. The zero-order valence-corrected chi connectivity index (χ0v) is 17.2. The molecule has 1 unspecified atom stereocenters. The zero-order valence-electron chi connectivity index (χ0n) is 16.4. The number of carbonyl (C=O) groups is 1. The van der Waals surface area contributed by atoms with E-state index in [1.807, 2.05) is 67.6 Å². The topological polar surface area (TPSA) is 76.9 Å². The van der Waals surface area contributed by atoms with Gasteiger partial charge in [-0.1, -0.05) is 60.3 Å². The Morgan fingerprint density at radius 1 is 1.03 bits per heavy atom. The highest BCUT2D eigenvalue weighted by Crippen LogP contribution is 2.21. The average Bonchev–Trinajstić information content (AvgIpc) is 2.79. The Morgan fingerprint density at radius 3 is 2.47 bits per heavy atom. The summed E-state index contributed by atoms with van der Waals surface area (Å²) >= 11 is 1.22. The molecule has 1 atom stereocenters. The van der Waals surface area contributed by atoms with Crippen molar-refractivity contribution in [2.75, 3.05) is 5.75 Å². The molecule has 6 nitrogen and oxygen atoms in total. The van der Waals surface area contributed by atoms with Gasteiger partial charge in [0.05, 0.1) is 22.9 Å². The molecule has 1 amide bonds. The first-order chi connectivity index (χ1) is 14.6. The maximum absolute atomic E-state index is 13.1. The molecular weight excluding hydrogens is 396 g/mol. The third-order valence-electron chi connectivity index (χ3n) is 4.64. The second-order valence-corrected chi connectivity index (χ2v) is 7.68. The Kier molecular flexibility index (Phi) is 5.90. The molecule has 4 aromatic rings. The Morgan fingerprint density at radius 2 is 1.73 bits per heavy atom. The molecule has 2 heterocycles. The summed E-state index contributed by atoms with van der Waals surface area (Å²) in [5.74, 6) is 0.000691. The van der Waals surface area contributed by atoms with Crippen LogP contribution in [0.1, 0.15) is 18.5 Å². The number of nitrogens with zero attached hydrogens (tertiary/aromatic N) is 3. The van der Waals surface area contributed by atoms with E-state index in [4.69, 9.17) is 0 Å². The van der Waals surface area contributed by atoms with E-state index in [9.17, 15) is 9.59 Å². The van der Waals surface area contributed by atoms with Crippen LogP contribution in [0.2, 0.25) is 0 Å². The lowest BCUT2D eigenvalue weighted by Gasteiger charge is -2.15. The molecule has 0 aliphatic carbocycles. The van der Waals surface area contributed by atoms with Gasteiger partial charge in [0.15, 0.2) is 10.8 Å². The number of hydrogen-bond acceptors (Lipinski definition) is 5. The van der Waals surface area contributed by atoms with Crippen molar-refractivity contribution < 1.29 is 4.79 Å². The van der Waals surface area contributed by atoms with Crippen molar-refractivity contribution in [3.8, 4) is 5.69 Å². The van der Waals surface area contributed by atoms with Crippen LogP contribution >= 0.6 is 11.8 Å². The monoisotopic (exact) mass is 416 g/mol. The lowest BCUT2D eigenvalue weighted by atomic mass is 10.1. The van der Waals surface area contributed by atoms with Gasteiger partial charge in [0.25, 0.3) is 5.56 Å². The fourth-order valence-electron chi connectivity index (χ4n) is 3.14. The number of carbonyl (C=O) groups excluding carboxylic acids is 1. The number of hydrogen-bond donors (Lipinski definition) is 1. The molecule has 0 fully saturated rings. The highest BCUT2D eigenvalue weighted by molar-refractivity contribution is 7.99. The highest BCUT2D eigenvalue weighted by atomic mass is 32.2. The van der Waals surface area contributed by atoms with Crippen LogP contribution in [-0.2, 0) is 4.79 Å². The van der Waals surface area contributed by atoms with E-state index >= 15 is 0 Å². The first kappa shape index (κ1) is 19.8. The molecule has 2 aromatic heterocycles. The number of fused-ring (bicyclic) bond motifs is 1. The number of nitrogens with one attached hydrogen (secondary N) is 1. The predicted octanol–water partition coefficient (Wildman–Crippen LogP) is 3.75. The standard InChI is InChI=1S/C23H20N4O2S/c1-16(17-9-4-2-5-10-17)25-20(28)15-30-23-26-21-19(13-8-14-24-21)22(29)27(23)18-11-6-3-7-12-18/h2-14,16H,15H2,1H3,(H,25,28). The molecule has 7 heteroatoms. The van der Waals surface area contributed by atoms with Gasteiger partial charge >= 0.3 is 0 Å². The summed E-state index contributed by atoms with van der Waals surface area (Å²) in [6, 6.07) is 22.4. The fraction of sp³-hybridized carbons (Fsp3) is 0.130. The minimum Gasteiger partial charge on any atom is -0.349 e. The number of aromatic nitrogens is 3. The van der Waals surface area contributed by atoms with Gasteiger partial charge in [-0.3, -0.25) is 14.2 Å². The molecule has 30 heavy (non-hydrogen) atoms. The molecule has 0 bridgehead atoms. The number of pyridine rings is 1. The van der Waals surface area contributed by atoms with E-state index in [1.165, 1.54) is 16.3 Å². The molecule has 4 rings (SSSR count). The van der Waals surface area contributed by atoms with Gasteiger partial charge in [-0.25, -0.2) is 9.97 Å². The Labute approximate surface area is 178 Å². The highest BCUT2D eigenvalue weighted by Gasteiger charge is 2.16. The summed E-state index contributed by atoms with van der Waals surface area (Å²) in [6.45, 7) is 1.94. The molecule has 1 N–H and O–H groups in total. The number of thioether (sulfide) groups is 1. The summed E-state index contributed by atoms with van der Waals surface area (Å²) in [5.41, 5.74) is 1.89. The van der Waals surface area contributed by atoms with E-state index < -0.39 is 0 Å². The van der Waals surface area contributed by atoms with Crippen molar-refractivity contribution >= 4 is 28.7 Å². The van der Waals surface area contributed by atoms with Crippen molar-refractivity contribution in [1.29, 1.82) is 0 Å². The van der Waals surface area contributed by atoms with Gasteiger partial charge in [-0.05, 0) is 36.8 Å². The first-order valence-electron chi connectivity index (χ1n) is 9.54. The van der Waals surface area contributed by atoms with Crippen molar-refractivity contribution in [2.24, 2.45) is 0 Å². The Bertz CT molecular complexity index is 1230. The van der Waals surface area contributed by atoms with Gasteiger partial charge in [-0.15, -0.1) is 0 Å². The van der Waals surface area contributed by atoms with E-state index in [0.29, 0.717) is 21.9 Å². The van der Waals surface area contributed by atoms with Crippen molar-refractivity contribution in [1.82, 2.24) is 19.9 Å². The number of benzene rings is 2. The van der Waals surface area contributed by atoms with E-state index in [1.54, 1.807) is 18.3 Å². The molecule has 0 aliphatic rings. The van der Waals surface area contributed by atoms with Crippen LogP contribution in [0.4, 0.5) is 0 Å². The van der Waals surface area contributed by atoms with Crippen LogP contribution < -0.4 is 10.9 Å². The molecule has 0 radical (unpaired) electrons. The normalized spacial score (nSPS) is 11.9. The lowest BCUT2D eigenvalue weighted by molar-refractivity contribution is -0.119. The van der Waals surface area contributed by atoms with Gasteiger partial charge in [0, 0.05) is 6.20 Å². The van der Waals surface area contributed by atoms with Crippen LogP contribution in [0, 0.1) is 0 Å². The number of rotatable bonds is 6. The van der Waals surface area contributed by atoms with Gasteiger partial charge in [-0.2, -0.15) is 0 Å². The Hall–Kier alpha value is -3.45. The molecule has 150 valence electrons. The Balaban J connectivity index is 1.60. The third-order valence-corrected chi connectivity index (χ3v) is 5.58. The van der Waals surface area contributed by atoms with Gasteiger partial charge < -0.3 is 5.32 Å². The van der Waals surface area contributed by atoms with Gasteiger partial charge in [0.1, 0.15) is 0 Å². The van der Waals surface area contributed by atoms with Crippen LogP contribution in [0.5, 0.6) is 0 Å². The van der Waals surface area contributed by atoms with Crippen LogP contribution in [0.3, 0.4) is 0 Å². The minimum absolute atomic E-state index is 0.109.